The van der Waals surface area contributed by atoms with Crippen LogP contribution in [0, 0.1) is 0 Å². The minimum atomic E-state index is -0.221. The summed E-state index contributed by atoms with van der Waals surface area (Å²) in [6.07, 6.45) is 4.60. The Labute approximate surface area is 454 Å². The van der Waals surface area contributed by atoms with Crippen molar-refractivity contribution in [3.8, 4) is 27.9 Å². The molecule has 8 aromatic carbocycles. The molecule has 0 N–H and O–H groups in total. The van der Waals surface area contributed by atoms with Gasteiger partial charge in [0.1, 0.15) is 16.7 Å². The lowest BCUT2D eigenvalue weighted by atomic mass is 9.43. The van der Waals surface area contributed by atoms with Crippen molar-refractivity contribution in [3.05, 3.63) is 161 Å². The Balaban J connectivity index is 1.12. The highest BCUT2D eigenvalue weighted by molar-refractivity contribution is 6.94. The molecule has 3 aromatic heterocycles. The molecule has 0 saturated heterocycles. The summed E-state index contributed by atoms with van der Waals surface area (Å²) in [5, 5.41) is 7.29. The molecule has 77 heavy (non-hydrogen) atoms. The third-order valence-electron chi connectivity index (χ3n) is 19.8. The van der Waals surface area contributed by atoms with Crippen LogP contribution in [-0.4, -0.2) is 11.4 Å². The smallest absolute Gasteiger partial charge is 0.333 e. The third kappa shape index (κ3) is 6.46. The molecule has 0 unspecified atom stereocenters. The molecule has 384 valence electrons. The van der Waals surface area contributed by atoms with Crippen molar-refractivity contribution < 1.29 is 8.83 Å². The SMILES string of the molecule is CC(C)(C)c1ccc2c(c1)c1cc(C(C)(C)C)cc3c1n2-c1cc(-c2ccccc2)cc2c1B3N(c1cccc3c1oc1cc4c(cc13)C(C)(C)CCC4(C)C)c1ccc3c(oc4cc5c(cc43)C(C)(C)CCC5(C)C)c1-2. The van der Waals surface area contributed by atoms with Crippen molar-refractivity contribution >= 4 is 94.8 Å². The Morgan fingerprint density at radius 3 is 1.62 bits per heavy atom. The maximum atomic E-state index is 7.56. The van der Waals surface area contributed by atoms with E-state index in [1.54, 1.807) is 0 Å². The first-order valence-electron chi connectivity index (χ1n) is 28.6. The Bertz CT molecular complexity index is 4420. The van der Waals surface area contributed by atoms with E-state index in [0.29, 0.717) is 0 Å². The molecule has 0 saturated carbocycles. The van der Waals surface area contributed by atoms with Crippen LogP contribution in [-0.2, 0) is 32.5 Å². The van der Waals surface area contributed by atoms with Gasteiger partial charge >= 0.3 is 6.85 Å². The Morgan fingerprint density at radius 2 is 1.01 bits per heavy atom. The van der Waals surface area contributed by atoms with E-state index in [4.69, 9.17) is 8.83 Å². The van der Waals surface area contributed by atoms with Gasteiger partial charge < -0.3 is 18.2 Å². The van der Waals surface area contributed by atoms with Crippen LogP contribution >= 0.6 is 0 Å². The maximum absolute atomic E-state index is 7.56. The van der Waals surface area contributed by atoms with Crippen LogP contribution in [0.2, 0.25) is 0 Å². The van der Waals surface area contributed by atoms with E-state index >= 15 is 0 Å². The van der Waals surface area contributed by atoms with Crippen LogP contribution in [0.15, 0.2) is 136 Å². The molecular weight excluding hydrogens is 936 g/mol. The fourth-order valence-corrected chi connectivity index (χ4v) is 14.9. The quantitative estimate of drug-likeness (QED) is 0.162. The van der Waals surface area contributed by atoms with Gasteiger partial charge in [0.15, 0.2) is 5.58 Å². The van der Waals surface area contributed by atoms with Gasteiger partial charge in [-0.25, -0.2) is 0 Å². The molecule has 0 radical (unpaired) electrons. The van der Waals surface area contributed by atoms with Gasteiger partial charge in [-0.15, -0.1) is 0 Å². The number of hydrogen-bond donors (Lipinski definition) is 0. The average Bonchev–Trinajstić information content (AvgIpc) is 4.25. The molecule has 5 heterocycles. The molecule has 5 heteroatoms. The average molecular weight is 1010 g/mol. The molecule has 4 aliphatic rings. The Hall–Kier alpha value is -6.98. The number of para-hydroxylation sites is 1. The van der Waals surface area contributed by atoms with Gasteiger partial charge in [0.2, 0.25) is 0 Å². The highest BCUT2D eigenvalue weighted by atomic mass is 16.3. The van der Waals surface area contributed by atoms with Gasteiger partial charge in [-0.1, -0.05) is 152 Å². The first-order chi connectivity index (χ1) is 36.4. The highest BCUT2D eigenvalue weighted by Crippen LogP contribution is 2.55. The number of hydrogen-bond acceptors (Lipinski definition) is 3. The lowest BCUT2D eigenvalue weighted by Gasteiger charge is -2.42. The molecule has 0 atom stereocenters. The van der Waals surface area contributed by atoms with Crippen molar-refractivity contribution in [1.82, 2.24) is 4.57 Å². The Kier molecular flexibility index (Phi) is 9.19. The normalized spacial score (nSPS) is 17.9. The summed E-state index contributed by atoms with van der Waals surface area (Å²) in [6, 6.07) is 49.9. The van der Waals surface area contributed by atoms with Crippen molar-refractivity contribution in [1.29, 1.82) is 0 Å². The topological polar surface area (TPSA) is 34.5 Å². The van der Waals surface area contributed by atoms with Gasteiger partial charge in [-0.05, 0) is 192 Å². The van der Waals surface area contributed by atoms with E-state index in [1.807, 2.05) is 0 Å². The van der Waals surface area contributed by atoms with Crippen LogP contribution in [0.25, 0.3) is 93.6 Å². The number of aromatic nitrogens is 1. The van der Waals surface area contributed by atoms with Crippen molar-refractivity contribution in [2.45, 2.75) is 155 Å². The summed E-state index contributed by atoms with van der Waals surface area (Å²) in [4.78, 5) is 2.68. The first-order valence-corrected chi connectivity index (χ1v) is 28.6. The molecule has 0 fully saturated rings. The molecule has 0 spiro atoms. The largest absolute Gasteiger partial charge is 0.455 e. The van der Waals surface area contributed by atoms with E-state index in [2.05, 4.69) is 234 Å². The number of fused-ring (bicyclic) bond motifs is 16. The monoisotopic (exact) mass is 1010 g/mol. The third-order valence-corrected chi connectivity index (χ3v) is 19.8. The van der Waals surface area contributed by atoms with E-state index in [-0.39, 0.29) is 39.3 Å². The molecule has 0 amide bonds. The maximum Gasteiger partial charge on any atom is 0.333 e. The number of benzene rings is 8. The summed E-state index contributed by atoms with van der Waals surface area (Å²) < 4.78 is 17.7. The van der Waals surface area contributed by atoms with Gasteiger partial charge in [0.25, 0.3) is 0 Å². The zero-order valence-electron chi connectivity index (χ0n) is 47.7. The minimum absolute atomic E-state index is 0.0263. The van der Waals surface area contributed by atoms with Crippen LogP contribution < -0.4 is 15.7 Å². The number of furan rings is 2. The number of nitrogens with zero attached hydrogens (tertiary/aromatic N) is 2. The summed E-state index contributed by atoms with van der Waals surface area (Å²) in [5.41, 5.74) is 25.4. The molecule has 11 aromatic rings. The zero-order chi connectivity index (χ0) is 53.4. The summed E-state index contributed by atoms with van der Waals surface area (Å²) in [5.74, 6) is 0. The zero-order valence-corrected chi connectivity index (χ0v) is 47.7. The van der Waals surface area contributed by atoms with Gasteiger partial charge in [-0.3, -0.25) is 0 Å². The highest BCUT2D eigenvalue weighted by Gasteiger charge is 2.47. The number of anilines is 2. The van der Waals surface area contributed by atoms with Crippen molar-refractivity contribution in [2.75, 3.05) is 4.81 Å². The lowest BCUT2D eigenvalue weighted by molar-refractivity contribution is 0.332. The molecule has 2 aliphatic heterocycles. The molecule has 15 rings (SSSR count). The van der Waals surface area contributed by atoms with Crippen LogP contribution in [0.3, 0.4) is 0 Å². The number of rotatable bonds is 2. The molecular formula is C72H71BN2O2. The second kappa shape index (κ2) is 15.0. The summed E-state index contributed by atoms with van der Waals surface area (Å²) in [6.45, 7) is 33.3. The van der Waals surface area contributed by atoms with Crippen LogP contribution in [0.5, 0.6) is 0 Å². The van der Waals surface area contributed by atoms with E-state index in [0.717, 1.165) is 75.7 Å². The summed E-state index contributed by atoms with van der Waals surface area (Å²) >= 11 is 0. The predicted octanol–water partition coefficient (Wildman–Crippen LogP) is 18.8. The second-order valence-corrected chi connectivity index (χ2v) is 28.6. The van der Waals surface area contributed by atoms with Gasteiger partial charge in [0.05, 0.1) is 16.7 Å². The Morgan fingerprint density at radius 1 is 0.442 bits per heavy atom. The van der Waals surface area contributed by atoms with Crippen LogP contribution in [0.4, 0.5) is 11.4 Å². The van der Waals surface area contributed by atoms with Gasteiger partial charge in [-0.2, -0.15) is 0 Å². The fraction of sp³-hybridized carbons (Fsp3) is 0.333. The van der Waals surface area contributed by atoms with E-state index in [1.165, 1.54) is 99.3 Å². The van der Waals surface area contributed by atoms with Gasteiger partial charge in [0, 0.05) is 49.3 Å². The molecule has 4 nitrogen and oxygen atoms in total. The van der Waals surface area contributed by atoms with Crippen molar-refractivity contribution in [3.63, 3.8) is 0 Å². The van der Waals surface area contributed by atoms with Crippen LogP contribution in [0.1, 0.15) is 156 Å². The standard InChI is InChI=1S/C72H71BN2O2/c1-67(2,3)42-23-25-56-46(33-42)49-34-43(68(4,5)6)35-55-64(49)74(56)59-32-41(40-19-16-15-17-20-40)31-50-62-57(26-24-45-48-37-52-54(39-61(48)77-66(45)62)72(13,14)30-28-70(52,9)10)75(73(55)63(50)59)58-22-18-21-44-47-36-51-53(38-60(47)76-65(44)58)71(11,12)29-27-69(51,7)8/h15-26,31-39H,27-30H2,1-14H3. The minimum Gasteiger partial charge on any atom is -0.455 e. The van der Waals surface area contributed by atoms with E-state index in [9.17, 15) is 0 Å². The predicted molar refractivity (Wildman–Crippen MR) is 328 cm³/mol. The van der Waals surface area contributed by atoms with E-state index < -0.39 is 0 Å². The lowest BCUT2D eigenvalue weighted by Crippen LogP contribution is -2.60. The first kappa shape index (κ1) is 47.3. The van der Waals surface area contributed by atoms with Crippen molar-refractivity contribution in [2.24, 2.45) is 0 Å². The fourth-order valence-electron chi connectivity index (χ4n) is 14.9. The molecule has 2 aliphatic carbocycles. The summed E-state index contributed by atoms with van der Waals surface area (Å²) in [7, 11) is 0. The second-order valence-electron chi connectivity index (χ2n) is 28.6. The molecule has 0 bridgehead atoms.